The zero-order valence-electron chi connectivity index (χ0n) is 17.0. The number of methoxy groups -OCH3 is 2. The molecule has 0 unspecified atom stereocenters. The van der Waals surface area contributed by atoms with Gasteiger partial charge in [-0.15, -0.1) is 0 Å². The van der Waals surface area contributed by atoms with Gasteiger partial charge in [-0.25, -0.2) is 0 Å². The number of ether oxygens (including phenoxy) is 2. The number of nitrogens with zero attached hydrogens (tertiary/aromatic N) is 1. The summed E-state index contributed by atoms with van der Waals surface area (Å²) in [6.45, 7) is 0.528. The second-order valence-corrected chi connectivity index (χ2v) is 6.67. The molecule has 0 fully saturated rings. The van der Waals surface area contributed by atoms with Crippen LogP contribution in [0.15, 0.2) is 78.9 Å². The lowest BCUT2D eigenvalue weighted by Gasteiger charge is -2.18. The van der Waals surface area contributed by atoms with Gasteiger partial charge < -0.3 is 14.4 Å². The largest absolute Gasteiger partial charge is 0.493 e. The van der Waals surface area contributed by atoms with Gasteiger partial charge in [-0.05, 0) is 40.5 Å². The van der Waals surface area contributed by atoms with Crippen molar-refractivity contribution < 1.29 is 14.3 Å². The summed E-state index contributed by atoms with van der Waals surface area (Å²) >= 11 is 0. The lowest BCUT2D eigenvalue weighted by Crippen LogP contribution is -2.24. The molecule has 0 saturated heterocycles. The summed E-state index contributed by atoms with van der Waals surface area (Å²) in [5.74, 6) is 1.22. The Morgan fingerprint density at radius 2 is 1.59 bits per heavy atom. The van der Waals surface area contributed by atoms with Crippen molar-refractivity contribution in [2.75, 3.05) is 21.3 Å². The topological polar surface area (TPSA) is 38.8 Å². The van der Waals surface area contributed by atoms with E-state index in [1.54, 1.807) is 31.3 Å². The van der Waals surface area contributed by atoms with Crippen LogP contribution in [-0.2, 0) is 11.3 Å². The molecule has 3 rings (SSSR count). The molecule has 0 spiro atoms. The van der Waals surface area contributed by atoms with E-state index in [9.17, 15) is 4.79 Å². The van der Waals surface area contributed by atoms with Crippen LogP contribution in [0.2, 0.25) is 0 Å². The van der Waals surface area contributed by atoms with E-state index in [4.69, 9.17) is 9.47 Å². The van der Waals surface area contributed by atoms with Gasteiger partial charge in [-0.2, -0.15) is 0 Å². The molecule has 0 N–H and O–H groups in total. The van der Waals surface area contributed by atoms with Crippen LogP contribution in [0.5, 0.6) is 11.5 Å². The fourth-order valence-corrected chi connectivity index (χ4v) is 3.14. The molecule has 0 aliphatic heterocycles. The Morgan fingerprint density at radius 1 is 0.897 bits per heavy atom. The number of likely N-dealkylation sites (N-methyl/N-ethyl adjacent to an activating group) is 1. The van der Waals surface area contributed by atoms with Crippen LogP contribution in [0.25, 0.3) is 17.2 Å². The van der Waals surface area contributed by atoms with Crippen molar-refractivity contribution in [2.45, 2.75) is 6.54 Å². The van der Waals surface area contributed by atoms with E-state index in [1.807, 2.05) is 55.6 Å². The number of carbonyl (C=O) groups excluding carboxylic acids is 1. The van der Waals surface area contributed by atoms with Crippen LogP contribution in [0.3, 0.4) is 0 Å². The lowest BCUT2D eigenvalue weighted by atomic mass is 9.99. The van der Waals surface area contributed by atoms with Gasteiger partial charge in [0.05, 0.1) is 14.2 Å². The Kier molecular flexibility index (Phi) is 6.69. The molecule has 0 aliphatic carbocycles. The third kappa shape index (κ3) is 5.05. The molecular weight excluding hydrogens is 362 g/mol. The molecule has 0 heterocycles. The van der Waals surface area contributed by atoms with Crippen LogP contribution in [-0.4, -0.2) is 32.1 Å². The fraction of sp³-hybridized carbons (Fsp3) is 0.160. The molecule has 0 bridgehead atoms. The van der Waals surface area contributed by atoms with Crippen molar-refractivity contribution in [2.24, 2.45) is 0 Å². The Hall–Kier alpha value is -3.53. The summed E-state index contributed by atoms with van der Waals surface area (Å²) in [6, 6.07) is 23.9. The number of benzene rings is 3. The third-order valence-electron chi connectivity index (χ3n) is 4.71. The van der Waals surface area contributed by atoms with Crippen LogP contribution in [0.4, 0.5) is 0 Å². The number of carbonyl (C=O) groups is 1. The number of rotatable bonds is 7. The van der Waals surface area contributed by atoms with Gasteiger partial charge in [0.25, 0.3) is 0 Å². The van der Waals surface area contributed by atoms with Crippen molar-refractivity contribution in [1.82, 2.24) is 4.90 Å². The Bertz CT molecular complexity index is 996. The number of hydrogen-bond donors (Lipinski definition) is 0. The van der Waals surface area contributed by atoms with Gasteiger partial charge in [0.15, 0.2) is 11.5 Å². The molecule has 29 heavy (non-hydrogen) atoms. The first-order chi connectivity index (χ1) is 14.1. The minimum Gasteiger partial charge on any atom is -0.493 e. The quantitative estimate of drug-likeness (QED) is 0.533. The van der Waals surface area contributed by atoms with Gasteiger partial charge in [-0.1, -0.05) is 60.7 Å². The van der Waals surface area contributed by atoms with Crippen molar-refractivity contribution in [3.05, 3.63) is 90.0 Å². The van der Waals surface area contributed by atoms with E-state index in [-0.39, 0.29) is 5.91 Å². The maximum atomic E-state index is 12.6. The second kappa shape index (κ2) is 9.60. The predicted octanol–water partition coefficient (Wildman–Crippen LogP) is 5.04. The maximum absolute atomic E-state index is 12.6. The summed E-state index contributed by atoms with van der Waals surface area (Å²) in [4.78, 5) is 14.3. The molecule has 4 nitrogen and oxygen atoms in total. The highest BCUT2D eigenvalue weighted by Gasteiger charge is 2.10. The lowest BCUT2D eigenvalue weighted by molar-refractivity contribution is -0.125. The summed E-state index contributed by atoms with van der Waals surface area (Å²) in [7, 11) is 5.00. The molecule has 0 aliphatic rings. The standard InChI is InChI=1S/C25H25NO3/c1-26(18-21-11-7-8-12-22(21)20-9-5-4-6-10-20)25(27)16-14-19-13-15-23(28-2)24(17-19)29-3/h4-17H,18H2,1-3H3. The number of hydrogen-bond acceptors (Lipinski definition) is 3. The van der Waals surface area contributed by atoms with Gasteiger partial charge in [0, 0.05) is 19.7 Å². The van der Waals surface area contributed by atoms with E-state index >= 15 is 0 Å². The van der Waals surface area contributed by atoms with E-state index in [1.165, 1.54) is 0 Å². The number of amides is 1. The zero-order chi connectivity index (χ0) is 20.6. The summed E-state index contributed by atoms with van der Waals surface area (Å²) in [5, 5.41) is 0. The second-order valence-electron chi connectivity index (χ2n) is 6.67. The summed E-state index contributed by atoms with van der Waals surface area (Å²) in [5.41, 5.74) is 4.25. The zero-order valence-corrected chi connectivity index (χ0v) is 17.0. The highest BCUT2D eigenvalue weighted by Crippen LogP contribution is 2.28. The van der Waals surface area contributed by atoms with E-state index in [0.29, 0.717) is 18.0 Å². The van der Waals surface area contributed by atoms with E-state index < -0.39 is 0 Å². The first-order valence-corrected chi connectivity index (χ1v) is 9.41. The highest BCUT2D eigenvalue weighted by atomic mass is 16.5. The first kappa shape index (κ1) is 20.2. The summed E-state index contributed by atoms with van der Waals surface area (Å²) in [6.07, 6.45) is 3.36. The Labute approximate surface area is 172 Å². The maximum Gasteiger partial charge on any atom is 0.246 e. The van der Waals surface area contributed by atoms with Gasteiger partial charge in [-0.3, -0.25) is 4.79 Å². The van der Waals surface area contributed by atoms with Crippen LogP contribution >= 0.6 is 0 Å². The molecule has 148 valence electrons. The first-order valence-electron chi connectivity index (χ1n) is 9.41. The van der Waals surface area contributed by atoms with Gasteiger partial charge >= 0.3 is 0 Å². The van der Waals surface area contributed by atoms with E-state index in [2.05, 4.69) is 24.3 Å². The van der Waals surface area contributed by atoms with Crippen molar-refractivity contribution >= 4 is 12.0 Å². The smallest absolute Gasteiger partial charge is 0.246 e. The minimum atomic E-state index is -0.0670. The van der Waals surface area contributed by atoms with Gasteiger partial charge in [0.1, 0.15) is 0 Å². The van der Waals surface area contributed by atoms with Crippen LogP contribution < -0.4 is 9.47 Å². The van der Waals surface area contributed by atoms with Gasteiger partial charge in [0.2, 0.25) is 5.91 Å². The van der Waals surface area contributed by atoms with Crippen molar-refractivity contribution in [3.63, 3.8) is 0 Å². The summed E-state index contributed by atoms with van der Waals surface area (Å²) < 4.78 is 10.6. The minimum absolute atomic E-state index is 0.0670. The van der Waals surface area contributed by atoms with Crippen LogP contribution in [0.1, 0.15) is 11.1 Å². The molecule has 0 saturated carbocycles. The monoisotopic (exact) mass is 387 g/mol. The molecular formula is C25H25NO3. The average molecular weight is 387 g/mol. The van der Waals surface area contributed by atoms with Crippen molar-refractivity contribution in [1.29, 1.82) is 0 Å². The highest BCUT2D eigenvalue weighted by molar-refractivity contribution is 5.91. The normalized spacial score (nSPS) is 10.7. The molecule has 3 aromatic carbocycles. The van der Waals surface area contributed by atoms with E-state index in [0.717, 1.165) is 22.3 Å². The Balaban J connectivity index is 1.73. The molecule has 1 amide bonds. The molecule has 0 aromatic heterocycles. The van der Waals surface area contributed by atoms with Crippen molar-refractivity contribution in [3.8, 4) is 22.6 Å². The molecule has 4 heteroatoms. The Morgan fingerprint density at radius 3 is 2.31 bits per heavy atom. The fourth-order valence-electron chi connectivity index (χ4n) is 3.14. The third-order valence-corrected chi connectivity index (χ3v) is 4.71. The van der Waals surface area contributed by atoms with Crippen LogP contribution in [0, 0.1) is 0 Å². The molecule has 0 atom stereocenters. The molecule has 0 radical (unpaired) electrons. The average Bonchev–Trinajstić information content (AvgIpc) is 2.78. The molecule has 3 aromatic rings. The SMILES string of the molecule is COc1ccc(C=CC(=O)N(C)Cc2ccccc2-c2ccccc2)cc1OC. The predicted molar refractivity (Wildman–Crippen MR) is 117 cm³/mol.